The van der Waals surface area contributed by atoms with Crippen LogP contribution in [-0.4, -0.2) is 49.4 Å². The molecular formula is C11H12N6O3S. The average Bonchev–Trinajstić information content (AvgIpc) is 2.94. The van der Waals surface area contributed by atoms with Gasteiger partial charge in [-0.1, -0.05) is 5.21 Å². The molecule has 1 aliphatic rings. The van der Waals surface area contributed by atoms with Gasteiger partial charge in [0.15, 0.2) is 5.69 Å². The first-order valence-electron chi connectivity index (χ1n) is 6.19. The highest BCUT2D eigenvalue weighted by Gasteiger charge is 2.23. The summed E-state index contributed by atoms with van der Waals surface area (Å²) in [7, 11) is 0. The Morgan fingerprint density at radius 1 is 1.52 bits per heavy atom. The molecule has 3 heterocycles. The average molecular weight is 308 g/mol. The number of carbonyl (C=O) groups excluding carboxylic acids is 1. The number of carbonyl (C=O) groups is 2. The van der Waals surface area contributed by atoms with Crippen molar-refractivity contribution in [2.45, 2.75) is 13.0 Å². The summed E-state index contributed by atoms with van der Waals surface area (Å²) in [4.78, 5) is 23.2. The van der Waals surface area contributed by atoms with Crippen LogP contribution in [0.4, 0.5) is 5.00 Å². The molecule has 0 spiro atoms. The summed E-state index contributed by atoms with van der Waals surface area (Å²) in [5.41, 5.74) is 0.514. The van der Waals surface area contributed by atoms with E-state index in [2.05, 4.69) is 25.3 Å². The molecule has 3 rings (SSSR count). The van der Waals surface area contributed by atoms with E-state index < -0.39 is 11.9 Å². The second-order valence-electron chi connectivity index (χ2n) is 4.63. The molecule has 1 aliphatic heterocycles. The molecule has 0 bridgehead atoms. The quantitative estimate of drug-likeness (QED) is 0.734. The van der Waals surface area contributed by atoms with Gasteiger partial charge < -0.3 is 15.7 Å². The molecule has 0 aliphatic carbocycles. The first-order chi connectivity index (χ1) is 10.1. The fourth-order valence-corrected chi connectivity index (χ4v) is 2.68. The number of carboxylic acid groups (broad SMARTS) is 1. The number of aryl methyl sites for hydroxylation is 1. The molecular weight excluding hydrogens is 296 g/mol. The number of hydrogen-bond acceptors (Lipinski definition) is 7. The summed E-state index contributed by atoms with van der Waals surface area (Å²) in [5, 5.41) is 22.6. The van der Waals surface area contributed by atoms with Crippen molar-refractivity contribution in [2.24, 2.45) is 0 Å². The first kappa shape index (κ1) is 13.6. The van der Waals surface area contributed by atoms with Gasteiger partial charge in [-0.05, 0) is 18.5 Å². The number of anilines is 1. The van der Waals surface area contributed by atoms with Gasteiger partial charge >= 0.3 is 5.97 Å². The lowest BCUT2D eigenvalue weighted by atomic mass is 10.2. The van der Waals surface area contributed by atoms with Gasteiger partial charge in [0.05, 0.1) is 17.9 Å². The lowest BCUT2D eigenvalue weighted by molar-refractivity contribution is 0.0697. The van der Waals surface area contributed by atoms with E-state index in [-0.39, 0.29) is 22.3 Å². The van der Waals surface area contributed by atoms with Crippen molar-refractivity contribution in [2.75, 3.05) is 18.4 Å². The van der Waals surface area contributed by atoms with Crippen molar-refractivity contribution in [3.63, 3.8) is 0 Å². The van der Waals surface area contributed by atoms with Gasteiger partial charge in [-0.2, -0.15) is 4.37 Å². The number of rotatable bonds is 4. The van der Waals surface area contributed by atoms with Crippen LogP contribution in [0.2, 0.25) is 0 Å². The second-order valence-corrected chi connectivity index (χ2v) is 5.40. The molecule has 0 aromatic carbocycles. The maximum atomic E-state index is 12.1. The van der Waals surface area contributed by atoms with Gasteiger partial charge in [0.25, 0.3) is 5.91 Å². The normalized spacial score (nSPS) is 14.7. The van der Waals surface area contributed by atoms with Crippen molar-refractivity contribution in [3.05, 3.63) is 23.1 Å². The Hall–Kier alpha value is -2.33. The van der Waals surface area contributed by atoms with Crippen molar-refractivity contribution in [1.29, 1.82) is 0 Å². The van der Waals surface area contributed by atoms with E-state index >= 15 is 0 Å². The van der Waals surface area contributed by atoms with Gasteiger partial charge in [0.2, 0.25) is 0 Å². The van der Waals surface area contributed by atoms with Gasteiger partial charge in [0, 0.05) is 13.1 Å². The summed E-state index contributed by atoms with van der Waals surface area (Å²) in [5.74, 6) is -1.62. The number of nitrogens with one attached hydrogen (secondary N) is 2. The molecule has 2 aromatic rings. The van der Waals surface area contributed by atoms with Gasteiger partial charge in [0.1, 0.15) is 10.6 Å². The SMILES string of the molecule is Cc1nsc(NC(=O)c2cn(C3CNC3)nn2)c1C(=O)O. The lowest BCUT2D eigenvalue weighted by Gasteiger charge is -2.26. The highest BCUT2D eigenvalue weighted by Crippen LogP contribution is 2.24. The van der Waals surface area contributed by atoms with Crippen LogP contribution in [-0.2, 0) is 0 Å². The molecule has 110 valence electrons. The van der Waals surface area contributed by atoms with Crippen LogP contribution in [0.5, 0.6) is 0 Å². The molecule has 0 saturated carbocycles. The summed E-state index contributed by atoms with van der Waals surface area (Å²) >= 11 is 0.929. The maximum Gasteiger partial charge on any atom is 0.340 e. The Balaban J connectivity index is 1.77. The number of hydrogen-bond donors (Lipinski definition) is 3. The van der Waals surface area contributed by atoms with Gasteiger partial charge in [-0.15, -0.1) is 5.10 Å². The highest BCUT2D eigenvalue weighted by molar-refractivity contribution is 7.11. The molecule has 1 fully saturated rings. The number of nitrogens with zero attached hydrogens (tertiary/aromatic N) is 4. The van der Waals surface area contributed by atoms with Crippen molar-refractivity contribution in [3.8, 4) is 0 Å². The Kier molecular flexibility index (Phi) is 3.39. The number of amides is 1. The Labute approximate surface area is 123 Å². The van der Waals surface area contributed by atoms with E-state index in [0.29, 0.717) is 5.69 Å². The maximum absolute atomic E-state index is 12.1. The predicted octanol–water partition coefficient (Wildman–Crippen LogP) is 0.138. The summed E-state index contributed by atoms with van der Waals surface area (Å²) in [6.07, 6.45) is 1.55. The Morgan fingerprint density at radius 2 is 2.29 bits per heavy atom. The first-order valence-corrected chi connectivity index (χ1v) is 6.97. The minimum Gasteiger partial charge on any atom is -0.478 e. The molecule has 1 amide bonds. The van der Waals surface area contributed by atoms with E-state index in [1.165, 1.54) is 0 Å². The molecule has 10 heteroatoms. The third-order valence-electron chi connectivity index (χ3n) is 3.18. The molecule has 0 atom stereocenters. The lowest BCUT2D eigenvalue weighted by Crippen LogP contribution is -2.43. The van der Waals surface area contributed by atoms with Gasteiger partial charge in [-0.25, -0.2) is 9.48 Å². The summed E-state index contributed by atoms with van der Waals surface area (Å²) in [6, 6.07) is 0.208. The standard InChI is InChI=1S/C11H12N6O3S/c1-5-8(11(19)20)10(21-15-5)13-9(18)7-4-17(16-14-7)6-2-12-3-6/h4,6,12H,2-3H2,1H3,(H,13,18)(H,19,20). The van der Waals surface area contributed by atoms with Crippen LogP contribution in [0.1, 0.15) is 32.6 Å². The minimum atomic E-state index is -1.12. The van der Waals surface area contributed by atoms with E-state index in [0.717, 1.165) is 24.6 Å². The Bertz CT molecular complexity index is 705. The molecule has 0 radical (unpaired) electrons. The zero-order valence-corrected chi connectivity index (χ0v) is 11.8. The van der Waals surface area contributed by atoms with E-state index in [9.17, 15) is 9.59 Å². The Morgan fingerprint density at radius 3 is 2.90 bits per heavy atom. The van der Waals surface area contributed by atoms with Crippen molar-refractivity contribution >= 4 is 28.4 Å². The van der Waals surface area contributed by atoms with Crippen LogP contribution in [0.15, 0.2) is 6.20 Å². The van der Waals surface area contributed by atoms with Crippen molar-refractivity contribution in [1.82, 2.24) is 24.7 Å². The van der Waals surface area contributed by atoms with Crippen LogP contribution in [0.25, 0.3) is 0 Å². The topological polar surface area (TPSA) is 122 Å². The largest absolute Gasteiger partial charge is 0.478 e. The van der Waals surface area contributed by atoms with Crippen LogP contribution >= 0.6 is 11.5 Å². The van der Waals surface area contributed by atoms with Crippen LogP contribution < -0.4 is 10.6 Å². The summed E-state index contributed by atoms with van der Waals surface area (Å²) in [6.45, 7) is 3.17. The van der Waals surface area contributed by atoms with Crippen LogP contribution in [0, 0.1) is 6.92 Å². The van der Waals surface area contributed by atoms with Crippen molar-refractivity contribution < 1.29 is 14.7 Å². The number of aromatic nitrogens is 4. The zero-order valence-electron chi connectivity index (χ0n) is 11.0. The molecule has 9 nitrogen and oxygen atoms in total. The fraction of sp³-hybridized carbons (Fsp3) is 0.364. The number of carboxylic acids is 1. The van der Waals surface area contributed by atoms with Gasteiger partial charge in [-0.3, -0.25) is 4.79 Å². The monoisotopic (exact) mass is 308 g/mol. The molecule has 1 saturated heterocycles. The predicted molar refractivity (Wildman–Crippen MR) is 73.7 cm³/mol. The zero-order chi connectivity index (χ0) is 15.0. The molecule has 2 aromatic heterocycles. The van der Waals surface area contributed by atoms with E-state index in [4.69, 9.17) is 5.11 Å². The summed E-state index contributed by atoms with van der Waals surface area (Å²) < 4.78 is 5.56. The van der Waals surface area contributed by atoms with E-state index in [1.807, 2.05) is 0 Å². The minimum absolute atomic E-state index is 0.00364. The molecule has 21 heavy (non-hydrogen) atoms. The second kappa shape index (κ2) is 5.22. The fourth-order valence-electron chi connectivity index (χ4n) is 1.89. The highest BCUT2D eigenvalue weighted by atomic mass is 32.1. The molecule has 3 N–H and O–H groups in total. The van der Waals surface area contributed by atoms with E-state index in [1.54, 1.807) is 17.8 Å². The number of aromatic carboxylic acids is 1. The third kappa shape index (κ3) is 2.50. The smallest absolute Gasteiger partial charge is 0.340 e. The molecule has 0 unspecified atom stereocenters. The third-order valence-corrected chi connectivity index (χ3v) is 4.03. The van der Waals surface area contributed by atoms with Crippen LogP contribution in [0.3, 0.4) is 0 Å².